The number of carbonyl (C=O) groups is 1. The largest absolute Gasteiger partial charge is 0.431 e. The van der Waals surface area contributed by atoms with Crippen LogP contribution in [0.3, 0.4) is 0 Å². The van der Waals surface area contributed by atoms with Gasteiger partial charge in [0.05, 0.1) is 18.4 Å². The lowest BCUT2D eigenvalue weighted by molar-refractivity contribution is 0.0809. The molecular formula is C26H32F2N4O5S. The molecule has 0 spiro atoms. The third kappa shape index (κ3) is 8.33. The molecule has 0 bridgehead atoms. The summed E-state index contributed by atoms with van der Waals surface area (Å²) < 4.78 is 57.4. The predicted molar refractivity (Wildman–Crippen MR) is 139 cm³/mol. The van der Waals surface area contributed by atoms with Crippen molar-refractivity contribution in [1.29, 1.82) is 0 Å². The number of carbonyl (C=O) groups excluding carboxylic acids is 1. The molecule has 12 heteroatoms. The van der Waals surface area contributed by atoms with Crippen molar-refractivity contribution in [3.63, 3.8) is 0 Å². The van der Waals surface area contributed by atoms with Crippen LogP contribution in [0, 0.1) is 11.6 Å². The number of hydrogen-bond donors (Lipinski definition) is 4. The quantitative estimate of drug-likeness (QED) is 0.272. The first kappa shape index (κ1) is 29.2. The van der Waals surface area contributed by atoms with Gasteiger partial charge in [-0.05, 0) is 55.5 Å². The molecule has 1 aromatic heterocycles. The van der Waals surface area contributed by atoms with Crippen LogP contribution >= 0.6 is 0 Å². The Labute approximate surface area is 220 Å². The van der Waals surface area contributed by atoms with Crippen molar-refractivity contribution in [3.05, 3.63) is 82.7 Å². The summed E-state index contributed by atoms with van der Waals surface area (Å²) in [6, 6.07) is 9.60. The Kier molecular flexibility index (Phi) is 9.23. The monoisotopic (exact) mass is 550 g/mol. The second-order valence-corrected chi connectivity index (χ2v) is 11.3. The first-order valence-corrected chi connectivity index (χ1v) is 13.9. The van der Waals surface area contributed by atoms with E-state index >= 15 is 0 Å². The molecule has 4 N–H and O–H groups in total. The molecule has 0 aliphatic heterocycles. The molecule has 1 amide bonds. The zero-order chi connectivity index (χ0) is 28.1. The van der Waals surface area contributed by atoms with E-state index in [0.29, 0.717) is 0 Å². The fraction of sp³-hybridized carbons (Fsp3) is 0.385. The zero-order valence-electron chi connectivity index (χ0n) is 21.6. The van der Waals surface area contributed by atoms with Gasteiger partial charge >= 0.3 is 6.01 Å². The van der Waals surface area contributed by atoms with E-state index in [1.165, 1.54) is 0 Å². The number of nitrogens with one attached hydrogen (secondary N) is 3. The molecule has 2 unspecified atom stereocenters. The van der Waals surface area contributed by atoms with E-state index in [-0.39, 0.29) is 24.2 Å². The van der Waals surface area contributed by atoms with Crippen LogP contribution in [-0.4, -0.2) is 49.4 Å². The molecule has 2 aromatic carbocycles. The van der Waals surface area contributed by atoms with Crippen molar-refractivity contribution in [2.45, 2.75) is 51.3 Å². The number of sulfonamides is 1. The third-order valence-electron chi connectivity index (χ3n) is 5.98. The maximum atomic E-state index is 13.8. The number of halogens is 2. The van der Waals surface area contributed by atoms with Gasteiger partial charge < -0.3 is 20.2 Å². The van der Waals surface area contributed by atoms with Crippen LogP contribution in [0.25, 0.3) is 0 Å². The van der Waals surface area contributed by atoms with Gasteiger partial charge in [-0.15, -0.1) is 0 Å². The fourth-order valence-electron chi connectivity index (χ4n) is 3.88. The molecule has 3 aromatic rings. The number of hydrogen-bond acceptors (Lipinski definition) is 7. The van der Waals surface area contributed by atoms with Crippen molar-refractivity contribution in [2.75, 3.05) is 17.5 Å². The Bertz CT molecular complexity index is 1360. The van der Waals surface area contributed by atoms with Gasteiger partial charge in [-0.1, -0.05) is 31.2 Å². The summed E-state index contributed by atoms with van der Waals surface area (Å²) in [7, 11) is -3.68. The van der Waals surface area contributed by atoms with E-state index in [4.69, 9.17) is 4.42 Å². The average Bonchev–Trinajstić information content (AvgIpc) is 3.28. The molecule has 1 heterocycles. The number of aryl methyl sites for hydroxylation is 1. The van der Waals surface area contributed by atoms with Crippen LogP contribution in [0.4, 0.5) is 14.8 Å². The summed E-state index contributed by atoms with van der Waals surface area (Å²) in [5.41, 5.74) is 1.60. The van der Waals surface area contributed by atoms with E-state index in [0.717, 1.165) is 48.3 Å². The molecular weight excluding hydrogens is 518 g/mol. The topological polar surface area (TPSA) is 134 Å². The van der Waals surface area contributed by atoms with Crippen LogP contribution in [0.2, 0.25) is 0 Å². The van der Waals surface area contributed by atoms with Gasteiger partial charge in [0.15, 0.2) is 5.69 Å². The first-order valence-electron chi connectivity index (χ1n) is 12.0. The highest BCUT2D eigenvalue weighted by Crippen LogP contribution is 2.22. The lowest BCUT2D eigenvalue weighted by atomic mass is 9.91. The highest BCUT2D eigenvalue weighted by atomic mass is 32.2. The highest BCUT2D eigenvalue weighted by Gasteiger charge is 2.28. The smallest absolute Gasteiger partial charge is 0.309 e. The van der Waals surface area contributed by atoms with Crippen molar-refractivity contribution in [1.82, 2.24) is 15.6 Å². The van der Waals surface area contributed by atoms with E-state index < -0.39 is 51.3 Å². The predicted octanol–water partition coefficient (Wildman–Crippen LogP) is 3.11. The Morgan fingerprint density at radius 2 is 1.82 bits per heavy atom. The molecule has 206 valence electrons. The molecule has 0 saturated carbocycles. The minimum Gasteiger partial charge on any atom is -0.431 e. The summed E-state index contributed by atoms with van der Waals surface area (Å²) >= 11 is 0. The second kappa shape index (κ2) is 12.0. The highest BCUT2D eigenvalue weighted by molar-refractivity contribution is 7.91. The van der Waals surface area contributed by atoms with E-state index in [2.05, 4.69) is 28.6 Å². The minimum absolute atomic E-state index is 0.0335. The summed E-state index contributed by atoms with van der Waals surface area (Å²) in [6.07, 6.45) is 1.44. The lowest BCUT2D eigenvalue weighted by Gasteiger charge is -2.31. The molecule has 0 radical (unpaired) electrons. The van der Waals surface area contributed by atoms with Gasteiger partial charge in [-0.3, -0.25) is 4.79 Å². The van der Waals surface area contributed by atoms with Gasteiger partial charge in [0, 0.05) is 18.2 Å². The number of benzene rings is 2. The molecule has 0 aliphatic rings. The maximum Gasteiger partial charge on any atom is 0.309 e. The summed E-state index contributed by atoms with van der Waals surface area (Å²) in [6.45, 7) is 6.00. The SMILES string of the molecule is CCc1cccc(C(C)(C)NCC(O)C(Cc2cc(F)cc(F)c2)NC(=O)c2coc(NS(C)(=O)=O)n2)c1. The van der Waals surface area contributed by atoms with Gasteiger partial charge in [-0.2, -0.15) is 4.98 Å². The number of aliphatic hydroxyl groups excluding tert-OH is 1. The maximum absolute atomic E-state index is 13.8. The minimum atomic E-state index is -3.68. The number of amides is 1. The van der Waals surface area contributed by atoms with Crippen molar-refractivity contribution < 1.29 is 31.5 Å². The number of oxazole rings is 1. The molecule has 9 nitrogen and oxygen atoms in total. The van der Waals surface area contributed by atoms with Crippen LogP contribution in [0.15, 0.2) is 53.1 Å². The Morgan fingerprint density at radius 3 is 2.45 bits per heavy atom. The van der Waals surface area contributed by atoms with Gasteiger partial charge in [0.2, 0.25) is 10.0 Å². The third-order valence-corrected chi connectivity index (χ3v) is 6.52. The van der Waals surface area contributed by atoms with Crippen LogP contribution in [-0.2, 0) is 28.4 Å². The normalized spacial score (nSPS) is 13.7. The molecule has 3 rings (SSSR count). The summed E-state index contributed by atoms with van der Waals surface area (Å²) in [4.78, 5) is 16.7. The van der Waals surface area contributed by atoms with Crippen LogP contribution in [0.5, 0.6) is 0 Å². The average molecular weight is 551 g/mol. The summed E-state index contributed by atoms with van der Waals surface area (Å²) in [5.74, 6) is -2.35. The van der Waals surface area contributed by atoms with Crippen molar-refractivity contribution in [3.8, 4) is 0 Å². The Hall–Kier alpha value is -3.35. The standard InChI is InChI=1S/C26H32F2N4O5S/c1-5-16-7-6-8-18(9-16)26(2,3)29-14-23(33)21(12-17-10-19(27)13-20(28)11-17)30-24(34)22-15-37-25(31-22)32-38(4,35)36/h6-11,13,15,21,23,29,33H,5,12,14H2,1-4H3,(H,30,34)(H,31,32). The number of aromatic nitrogens is 1. The lowest BCUT2D eigenvalue weighted by Crippen LogP contribution is -2.51. The number of rotatable bonds is 12. The molecule has 0 aliphatic carbocycles. The number of aliphatic hydroxyl groups is 1. The molecule has 0 fully saturated rings. The molecule has 38 heavy (non-hydrogen) atoms. The summed E-state index contributed by atoms with van der Waals surface area (Å²) in [5, 5.41) is 17.0. The molecule has 2 atom stereocenters. The zero-order valence-corrected chi connectivity index (χ0v) is 22.4. The number of anilines is 1. The Morgan fingerprint density at radius 1 is 1.13 bits per heavy atom. The van der Waals surface area contributed by atoms with Crippen molar-refractivity contribution >= 4 is 21.9 Å². The fourth-order valence-corrected chi connectivity index (χ4v) is 4.29. The Balaban J connectivity index is 1.79. The van der Waals surface area contributed by atoms with Crippen molar-refractivity contribution in [2.24, 2.45) is 0 Å². The van der Waals surface area contributed by atoms with Crippen LogP contribution in [0.1, 0.15) is 48.0 Å². The van der Waals surface area contributed by atoms with E-state index in [1.807, 2.05) is 36.8 Å². The van der Waals surface area contributed by atoms with Crippen LogP contribution < -0.4 is 15.4 Å². The van der Waals surface area contributed by atoms with Gasteiger partial charge in [0.25, 0.3) is 5.91 Å². The van der Waals surface area contributed by atoms with Gasteiger partial charge in [0.1, 0.15) is 17.9 Å². The second-order valence-electron chi connectivity index (χ2n) is 9.60. The number of nitrogens with zero attached hydrogens (tertiary/aromatic N) is 1. The van der Waals surface area contributed by atoms with E-state index in [1.54, 1.807) is 0 Å². The molecule has 0 saturated heterocycles. The van der Waals surface area contributed by atoms with Gasteiger partial charge in [-0.25, -0.2) is 21.9 Å². The first-order chi connectivity index (χ1) is 17.8. The van der Waals surface area contributed by atoms with E-state index in [9.17, 15) is 27.1 Å².